The Kier molecular flexibility index (Phi) is 30.1. The molecular weight excluding hydrogens is 528 g/mol. The summed E-state index contributed by atoms with van der Waals surface area (Å²) < 4.78 is 10.2. The van der Waals surface area contributed by atoms with Crippen LogP contribution in [0.2, 0.25) is 0 Å². The van der Waals surface area contributed by atoms with Crippen molar-refractivity contribution in [1.82, 2.24) is 0 Å². The van der Waals surface area contributed by atoms with Crippen LogP contribution in [0.5, 0.6) is 0 Å². The molecule has 42 heavy (non-hydrogen) atoms. The lowest BCUT2D eigenvalue weighted by Crippen LogP contribution is -2.25. The predicted octanol–water partition coefficient (Wildman–Crippen LogP) is 8.86. The molecule has 0 aliphatic rings. The lowest BCUT2D eigenvalue weighted by Gasteiger charge is -2.12. The van der Waals surface area contributed by atoms with Gasteiger partial charge in [0.15, 0.2) is 0 Å². The van der Waals surface area contributed by atoms with E-state index in [2.05, 4.69) is 32.1 Å². The Labute approximate surface area is 257 Å². The van der Waals surface area contributed by atoms with Crippen molar-refractivity contribution in [3.05, 3.63) is 48.6 Å². The van der Waals surface area contributed by atoms with Crippen molar-refractivity contribution >= 4 is 11.9 Å². The summed E-state index contributed by atoms with van der Waals surface area (Å²) in [6.45, 7) is 4.11. The van der Waals surface area contributed by atoms with Crippen LogP contribution in [0.15, 0.2) is 48.6 Å². The second-order valence-corrected chi connectivity index (χ2v) is 11.1. The summed E-state index contributed by atoms with van der Waals surface area (Å²) in [7, 11) is 0. The molecule has 0 radical (unpaired) electrons. The Morgan fingerprint density at radius 1 is 0.595 bits per heavy atom. The molecule has 0 fully saturated rings. The number of allylic oxidation sites excluding steroid dienone is 6. The molecular formula is C36H62O6. The normalized spacial score (nSPS) is 13.5. The van der Waals surface area contributed by atoms with E-state index < -0.39 is 12.2 Å². The number of aliphatic hydroxyl groups is 2. The molecule has 0 aromatic heterocycles. The third-order valence-electron chi connectivity index (χ3n) is 6.90. The van der Waals surface area contributed by atoms with E-state index >= 15 is 0 Å². The lowest BCUT2D eigenvalue weighted by molar-refractivity contribution is -0.152. The Hall–Kier alpha value is -2.18. The van der Waals surface area contributed by atoms with Gasteiger partial charge in [-0.15, -0.1) is 0 Å². The first-order valence-electron chi connectivity index (χ1n) is 16.8. The summed E-state index contributed by atoms with van der Waals surface area (Å²) in [6, 6.07) is 0. The first-order valence-corrected chi connectivity index (χ1v) is 16.8. The first kappa shape index (κ1) is 39.8. The van der Waals surface area contributed by atoms with Gasteiger partial charge < -0.3 is 19.7 Å². The molecule has 2 N–H and O–H groups in total. The topological polar surface area (TPSA) is 93.1 Å². The minimum atomic E-state index is -1.01. The third-order valence-corrected chi connectivity index (χ3v) is 6.90. The Balaban J connectivity index is 3.69. The number of aliphatic hydroxyl groups excluding tert-OH is 2. The Bertz CT molecular complexity index is 739. The van der Waals surface area contributed by atoms with Gasteiger partial charge in [0.05, 0.1) is 6.10 Å². The van der Waals surface area contributed by atoms with Gasteiger partial charge in [-0.2, -0.15) is 0 Å². The number of carbonyl (C=O) groups excluding carboxylic acids is 2. The van der Waals surface area contributed by atoms with Crippen LogP contribution < -0.4 is 0 Å². The summed E-state index contributed by atoms with van der Waals surface area (Å²) in [5.41, 5.74) is 0. The Morgan fingerprint density at radius 2 is 1.12 bits per heavy atom. The summed E-state index contributed by atoms with van der Waals surface area (Å²) in [6.07, 6.45) is 34.7. The number of hydrogen-bond donors (Lipinski definition) is 2. The van der Waals surface area contributed by atoms with E-state index in [0.29, 0.717) is 25.7 Å². The van der Waals surface area contributed by atoms with Gasteiger partial charge in [-0.25, -0.2) is 0 Å². The monoisotopic (exact) mass is 590 g/mol. The lowest BCUT2D eigenvalue weighted by atomic mass is 10.1. The van der Waals surface area contributed by atoms with Crippen LogP contribution in [0.3, 0.4) is 0 Å². The molecule has 0 aliphatic heterocycles. The Morgan fingerprint density at radius 3 is 1.76 bits per heavy atom. The van der Waals surface area contributed by atoms with Crippen LogP contribution in [0.1, 0.15) is 142 Å². The summed E-state index contributed by atoms with van der Waals surface area (Å²) in [5.74, 6) is -0.696. The van der Waals surface area contributed by atoms with Crippen molar-refractivity contribution in [2.45, 2.75) is 154 Å². The van der Waals surface area contributed by atoms with Gasteiger partial charge in [0.2, 0.25) is 0 Å². The van der Waals surface area contributed by atoms with Gasteiger partial charge in [0.1, 0.15) is 19.3 Å². The van der Waals surface area contributed by atoms with Crippen molar-refractivity contribution in [2.24, 2.45) is 0 Å². The highest BCUT2D eigenvalue weighted by molar-refractivity contribution is 5.69. The number of hydrogen-bond acceptors (Lipinski definition) is 6. The molecule has 6 nitrogen and oxygen atoms in total. The molecule has 0 bridgehead atoms. The molecule has 6 heteroatoms. The molecule has 0 saturated heterocycles. The van der Waals surface area contributed by atoms with Crippen LogP contribution in [0.4, 0.5) is 0 Å². The van der Waals surface area contributed by atoms with Crippen LogP contribution in [0.25, 0.3) is 0 Å². The van der Waals surface area contributed by atoms with Gasteiger partial charge in [0, 0.05) is 12.8 Å². The smallest absolute Gasteiger partial charge is 0.305 e. The van der Waals surface area contributed by atoms with E-state index in [4.69, 9.17) is 9.47 Å². The summed E-state index contributed by atoms with van der Waals surface area (Å²) in [4.78, 5) is 23.7. The summed E-state index contributed by atoms with van der Waals surface area (Å²) >= 11 is 0. The van der Waals surface area contributed by atoms with Crippen LogP contribution in [0, 0.1) is 0 Å². The predicted molar refractivity (Wildman–Crippen MR) is 174 cm³/mol. The van der Waals surface area contributed by atoms with E-state index in [1.54, 1.807) is 6.08 Å². The fourth-order valence-electron chi connectivity index (χ4n) is 4.27. The number of unbranched alkanes of at least 4 members (excludes halogenated alkanes) is 13. The van der Waals surface area contributed by atoms with E-state index in [1.807, 2.05) is 24.3 Å². The number of carbonyl (C=O) groups is 2. The first-order chi connectivity index (χ1) is 20.5. The molecule has 2 atom stereocenters. The van der Waals surface area contributed by atoms with Gasteiger partial charge in [-0.3, -0.25) is 9.59 Å². The van der Waals surface area contributed by atoms with Gasteiger partial charge in [0.25, 0.3) is 0 Å². The molecule has 0 saturated carbocycles. The van der Waals surface area contributed by atoms with E-state index in [9.17, 15) is 19.8 Å². The van der Waals surface area contributed by atoms with Crippen LogP contribution in [-0.2, 0) is 19.1 Å². The highest BCUT2D eigenvalue weighted by Gasteiger charge is 2.11. The molecule has 0 heterocycles. The average Bonchev–Trinajstić information content (AvgIpc) is 2.98. The van der Waals surface area contributed by atoms with Crippen LogP contribution in [-0.4, -0.2) is 47.6 Å². The zero-order valence-electron chi connectivity index (χ0n) is 26.9. The van der Waals surface area contributed by atoms with Gasteiger partial charge >= 0.3 is 11.9 Å². The molecule has 242 valence electrons. The van der Waals surface area contributed by atoms with Crippen molar-refractivity contribution in [1.29, 1.82) is 0 Å². The zero-order chi connectivity index (χ0) is 30.9. The van der Waals surface area contributed by atoms with E-state index in [0.717, 1.165) is 32.1 Å². The molecule has 0 amide bonds. The molecule has 1 unspecified atom stereocenters. The molecule has 0 aliphatic carbocycles. The summed E-state index contributed by atoms with van der Waals surface area (Å²) in [5, 5.41) is 19.9. The second-order valence-electron chi connectivity index (χ2n) is 11.1. The highest BCUT2D eigenvalue weighted by Crippen LogP contribution is 2.11. The highest BCUT2D eigenvalue weighted by atomic mass is 16.6. The number of esters is 2. The maximum atomic E-state index is 11.9. The standard InChI is InChI=1S/C36H62O6/c1-3-5-7-9-11-13-15-17-21-25-29-35(39)41-31-34(38)32-42-36(40)30-26-22-18-20-24-28-33(37)27-23-19-16-14-12-10-8-6-4-2/h12,14,18-20,23-24,28,33-34,37-38H,3-11,13,15-17,21-22,25-27,29-32H2,1-2H3/b14-12-,20-18+,23-19-,28-24-/t33?,34-/m1/s1. The fraction of sp³-hybridized carbons (Fsp3) is 0.722. The van der Waals surface area contributed by atoms with E-state index in [1.165, 1.54) is 64.2 Å². The largest absolute Gasteiger partial charge is 0.463 e. The van der Waals surface area contributed by atoms with Gasteiger partial charge in [-0.1, -0.05) is 133 Å². The number of ether oxygens (including phenoxy) is 2. The minimum absolute atomic E-state index is 0.156. The zero-order valence-corrected chi connectivity index (χ0v) is 26.9. The van der Waals surface area contributed by atoms with Gasteiger partial charge in [-0.05, 0) is 44.9 Å². The SMILES string of the molecule is CCCCC/C=C\C/C=C\CC(O)/C=C\C=C\CCCC(=O)OC[C@H](O)COC(=O)CCCCCCCCCCCC. The second kappa shape index (κ2) is 31.7. The molecule has 0 aromatic rings. The molecule has 0 rings (SSSR count). The van der Waals surface area contributed by atoms with Crippen molar-refractivity contribution in [3.63, 3.8) is 0 Å². The van der Waals surface area contributed by atoms with Crippen molar-refractivity contribution in [3.8, 4) is 0 Å². The van der Waals surface area contributed by atoms with Crippen LogP contribution >= 0.6 is 0 Å². The maximum absolute atomic E-state index is 11.9. The maximum Gasteiger partial charge on any atom is 0.305 e. The average molecular weight is 591 g/mol. The van der Waals surface area contributed by atoms with Crippen molar-refractivity contribution < 1.29 is 29.3 Å². The molecule has 0 spiro atoms. The van der Waals surface area contributed by atoms with E-state index in [-0.39, 0.29) is 31.6 Å². The minimum Gasteiger partial charge on any atom is -0.463 e. The number of rotatable bonds is 29. The quantitative estimate of drug-likeness (QED) is 0.0391. The molecule has 0 aromatic carbocycles. The fourth-order valence-corrected chi connectivity index (χ4v) is 4.27. The third kappa shape index (κ3) is 30.8. The van der Waals surface area contributed by atoms with Crippen molar-refractivity contribution in [2.75, 3.05) is 13.2 Å².